The molecule has 0 aliphatic heterocycles. The van der Waals surface area contributed by atoms with Crippen LogP contribution < -0.4 is 0 Å². The molecule has 0 saturated heterocycles. The van der Waals surface area contributed by atoms with Gasteiger partial charge in [0.05, 0.1) is 4.92 Å². The summed E-state index contributed by atoms with van der Waals surface area (Å²) in [6, 6.07) is 18.8. The van der Waals surface area contributed by atoms with Crippen LogP contribution in [0.4, 0.5) is 5.69 Å². The lowest BCUT2D eigenvalue weighted by atomic mass is 9.86. The van der Waals surface area contributed by atoms with Crippen molar-refractivity contribution in [3.8, 4) is 0 Å². The standard InChI is InChI=1S/C25H25N3O3/c1-5-27-22-12-8-17(14-20(22)21-15-19(28(30)31)11-13-23(21)27)24(26-29)16-6-9-18(10-7-16)25(2,3)4/h6-15,29H,5H2,1-4H3/b26-24+. The van der Waals surface area contributed by atoms with E-state index in [4.69, 9.17) is 0 Å². The average Bonchev–Trinajstić information content (AvgIpc) is 3.06. The van der Waals surface area contributed by atoms with Crippen LogP contribution in [-0.2, 0) is 12.0 Å². The molecule has 0 amide bonds. The largest absolute Gasteiger partial charge is 0.410 e. The van der Waals surface area contributed by atoms with E-state index >= 15 is 0 Å². The molecule has 0 bridgehead atoms. The summed E-state index contributed by atoms with van der Waals surface area (Å²) < 4.78 is 2.13. The number of oxime groups is 1. The van der Waals surface area contributed by atoms with Crippen molar-refractivity contribution in [1.29, 1.82) is 0 Å². The molecule has 158 valence electrons. The summed E-state index contributed by atoms with van der Waals surface area (Å²) in [7, 11) is 0. The number of nitro benzene ring substituents is 1. The Morgan fingerprint density at radius 2 is 1.55 bits per heavy atom. The third kappa shape index (κ3) is 3.54. The Balaban J connectivity index is 1.88. The Bertz CT molecular complexity index is 1330. The van der Waals surface area contributed by atoms with E-state index in [2.05, 4.69) is 30.5 Å². The van der Waals surface area contributed by atoms with Gasteiger partial charge in [-0.2, -0.15) is 0 Å². The van der Waals surface area contributed by atoms with Gasteiger partial charge in [-0.15, -0.1) is 0 Å². The number of benzene rings is 3. The lowest BCUT2D eigenvalue weighted by molar-refractivity contribution is -0.384. The minimum Gasteiger partial charge on any atom is -0.410 e. The Hall–Kier alpha value is -3.67. The summed E-state index contributed by atoms with van der Waals surface area (Å²) in [6.07, 6.45) is 0. The lowest BCUT2D eigenvalue weighted by Gasteiger charge is -2.19. The summed E-state index contributed by atoms with van der Waals surface area (Å²) in [5.74, 6) is 0. The zero-order valence-electron chi connectivity index (χ0n) is 18.1. The van der Waals surface area contributed by atoms with Gasteiger partial charge >= 0.3 is 0 Å². The van der Waals surface area contributed by atoms with Gasteiger partial charge in [-0.05, 0) is 36.1 Å². The van der Waals surface area contributed by atoms with Gasteiger partial charge in [0.15, 0.2) is 0 Å². The third-order valence-electron chi connectivity index (χ3n) is 5.77. The van der Waals surface area contributed by atoms with Crippen molar-refractivity contribution in [3.05, 3.63) is 87.5 Å². The van der Waals surface area contributed by atoms with Gasteiger partial charge in [0, 0.05) is 51.6 Å². The van der Waals surface area contributed by atoms with E-state index in [-0.39, 0.29) is 16.0 Å². The second-order valence-electron chi connectivity index (χ2n) is 8.71. The lowest BCUT2D eigenvalue weighted by Crippen LogP contribution is -2.11. The summed E-state index contributed by atoms with van der Waals surface area (Å²) in [4.78, 5) is 10.9. The van der Waals surface area contributed by atoms with Crippen molar-refractivity contribution in [2.24, 2.45) is 5.16 Å². The molecule has 1 heterocycles. The molecule has 1 aromatic heterocycles. The highest BCUT2D eigenvalue weighted by molar-refractivity contribution is 6.17. The van der Waals surface area contributed by atoms with Crippen molar-refractivity contribution in [1.82, 2.24) is 4.57 Å². The molecule has 4 rings (SSSR count). The van der Waals surface area contributed by atoms with Crippen LogP contribution in [-0.4, -0.2) is 20.4 Å². The van der Waals surface area contributed by atoms with E-state index < -0.39 is 0 Å². The molecule has 31 heavy (non-hydrogen) atoms. The van der Waals surface area contributed by atoms with Crippen LogP contribution in [0.2, 0.25) is 0 Å². The molecule has 0 spiro atoms. The summed E-state index contributed by atoms with van der Waals surface area (Å²) in [5.41, 5.74) is 5.24. The van der Waals surface area contributed by atoms with E-state index in [1.54, 1.807) is 12.1 Å². The first kappa shape index (κ1) is 20.6. The fourth-order valence-corrected chi connectivity index (χ4v) is 4.10. The SMILES string of the molecule is CCn1c2ccc(/C(=N/O)c3ccc(C(C)(C)C)cc3)cc2c2cc([N+](=O)[O-])ccc21. The summed E-state index contributed by atoms with van der Waals surface area (Å²) >= 11 is 0. The first-order valence-electron chi connectivity index (χ1n) is 10.3. The quantitative estimate of drug-likeness (QED) is 0.185. The van der Waals surface area contributed by atoms with Crippen LogP contribution >= 0.6 is 0 Å². The number of hydrogen-bond donors (Lipinski definition) is 1. The van der Waals surface area contributed by atoms with Crippen molar-refractivity contribution < 1.29 is 10.1 Å². The molecule has 0 radical (unpaired) electrons. The van der Waals surface area contributed by atoms with Crippen LogP contribution in [0.15, 0.2) is 65.8 Å². The first-order valence-corrected chi connectivity index (χ1v) is 10.3. The second-order valence-corrected chi connectivity index (χ2v) is 8.71. The number of nitro groups is 1. The molecular weight excluding hydrogens is 390 g/mol. The van der Waals surface area contributed by atoms with Gasteiger partial charge in [0.2, 0.25) is 0 Å². The summed E-state index contributed by atoms with van der Waals surface area (Å²) in [6.45, 7) is 9.25. The highest BCUT2D eigenvalue weighted by Crippen LogP contribution is 2.33. The number of aromatic nitrogens is 1. The normalized spacial score (nSPS) is 12.6. The van der Waals surface area contributed by atoms with E-state index in [1.807, 2.05) is 49.4 Å². The fraction of sp³-hybridized carbons (Fsp3) is 0.240. The highest BCUT2D eigenvalue weighted by Gasteiger charge is 2.18. The number of rotatable bonds is 4. The van der Waals surface area contributed by atoms with Gasteiger partial charge in [0.1, 0.15) is 5.71 Å². The predicted molar refractivity (Wildman–Crippen MR) is 124 cm³/mol. The van der Waals surface area contributed by atoms with Crippen molar-refractivity contribution in [2.75, 3.05) is 0 Å². The van der Waals surface area contributed by atoms with Gasteiger partial charge in [-0.1, -0.05) is 56.3 Å². The Morgan fingerprint density at radius 3 is 2.10 bits per heavy atom. The predicted octanol–water partition coefficient (Wildman–Crippen LogP) is 6.25. The molecule has 0 aliphatic rings. The molecular formula is C25H25N3O3. The Kier molecular flexibility index (Phi) is 5.01. The smallest absolute Gasteiger partial charge is 0.270 e. The van der Waals surface area contributed by atoms with E-state index in [0.29, 0.717) is 5.71 Å². The van der Waals surface area contributed by atoms with Crippen molar-refractivity contribution in [2.45, 2.75) is 39.7 Å². The monoisotopic (exact) mass is 415 g/mol. The number of aryl methyl sites for hydroxylation is 1. The van der Waals surface area contributed by atoms with Crippen LogP contribution in [0.1, 0.15) is 44.4 Å². The first-order chi connectivity index (χ1) is 14.7. The van der Waals surface area contributed by atoms with Crippen LogP contribution in [0, 0.1) is 10.1 Å². The minimum atomic E-state index is -0.379. The molecule has 0 atom stereocenters. The molecule has 0 saturated carbocycles. The maximum Gasteiger partial charge on any atom is 0.270 e. The maximum atomic E-state index is 11.3. The molecule has 6 heteroatoms. The Morgan fingerprint density at radius 1 is 0.968 bits per heavy atom. The molecule has 6 nitrogen and oxygen atoms in total. The molecule has 4 aromatic rings. The van der Waals surface area contributed by atoms with Gasteiger partial charge in [-0.25, -0.2) is 0 Å². The topological polar surface area (TPSA) is 80.7 Å². The second kappa shape index (κ2) is 7.54. The average molecular weight is 415 g/mol. The summed E-state index contributed by atoms with van der Waals surface area (Å²) in [5, 5.41) is 26.4. The van der Waals surface area contributed by atoms with Crippen molar-refractivity contribution >= 4 is 33.2 Å². The number of nitrogens with zero attached hydrogens (tertiary/aromatic N) is 3. The maximum absolute atomic E-state index is 11.3. The number of non-ortho nitro benzene ring substituents is 1. The molecule has 0 fully saturated rings. The van der Waals surface area contributed by atoms with E-state index in [1.165, 1.54) is 11.6 Å². The Labute approximate surface area is 180 Å². The highest BCUT2D eigenvalue weighted by atomic mass is 16.6. The number of fused-ring (bicyclic) bond motifs is 3. The van der Waals surface area contributed by atoms with Gasteiger partial charge in [0.25, 0.3) is 5.69 Å². The van der Waals surface area contributed by atoms with Crippen LogP contribution in [0.5, 0.6) is 0 Å². The van der Waals surface area contributed by atoms with Gasteiger partial charge in [-0.3, -0.25) is 10.1 Å². The van der Waals surface area contributed by atoms with Gasteiger partial charge < -0.3 is 9.77 Å². The van der Waals surface area contributed by atoms with E-state index in [9.17, 15) is 15.3 Å². The number of hydrogen-bond acceptors (Lipinski definition) is 4. The van der Waals surface area contributed by atoms with Crippen LogP contribution in [0.25, 0.3) is 21.8 Å². The molecule has 0 aliphatic carbocycles. The van der Waals surface area contributed by atoms with Crippen LogP contribution in [0.3, 0.4) is 0 Å². The molecule has 0 unspecified atom stereocenters. The zero-order chi connectivity index (χ0) is 22.3. The third-order valence-corrected chi connectivity index (χ3v) is 5.77. The zero-order valence-corrected chi connectivity index (χ0v) is 18.1. The fourth-order valence-electron chi connectivity index (χ4n) is 4.10. The minimum absolute atomic E-state index is 0.0324. The van der Waals surface area contributed by atoms with E-state index in [0.717, 1.165) is 39.5 Å². The molecule has 1 N–H and O–H groups in total. The molecule has 3 aromatic carbocycles. The van der Waals surface area contributed by atoms with Crippen molar-refractivity contribution in [3.63, 3.8) is 0 Å².